The van der Waals surface area contributed by atoms with Crippen LogP contribution >= 0.6 is 11.3 Å². The Morgan fingerprint density at radius 1 is 1.35 bits per heavy atom. The molecule has 0 aliphatic heterocycles. The Morgan fingerprint density at radius 3 is 3.00 bits per heavy atom. The summed E-state index contributed by atoms with van der Waals surface area (Å²) in [4.78, 5) is 0.962. The van der Waals surface area contributed by atoms with Gasteiger partial charge in [-0.3, -0.25) is 0 Å². The Morgan fingerprint density at radius 2 is 2.25 bits per heavy atom. The summed E-state index contributed by atoms with van der Waals surface area (Å²) in [5.41, 5.74) is 1.76. The molecule has 2 aromatic rings. The highest BCUT2D eigenvalue weighted by molar-refractivity contribution is 7.13. The minimum Gasteiger partial charge on any atom is -0.502 e. The number of hydrogen-bond donors (Lipinski definition) is 1. The van der Waals surface area contributed by atoms with Crippen molar-refractivity contribution in [2.24, 2.45) is 0 Å². The molecule has 1 aromatic heterocycles. The Bertz CT molecular complexity index is 539. The van der Waals surface area contributed by atoms with Crippen LogP contribution < -0.4 is 5.32 Å². The molecule has 1 N–H and O–H groups in total. The maximum Gasteiger partial charge on any atom is 0.131 e. The van der Waals surface area contributed by atoms with Crippen LogP contribution in [0.15, 0.2) is 48.6 Å². The Balaban J connectivity index is 1.90. The van der Waals surface area contributed by atoms with Crippen molar-refractivity contribution >= 4 is 11.3 Å². The number of benzene rings is 1. The largest absolute Gasteiger partial charge is 0.502 e. The minimum atomic E-state index is -0.171. The average Bonchev–Trinajstić information content (AvgIpc) is 2.98. The lowest BCUT2D eigenvalue weighted by molar-refractivity contribution is 0.244. The lowest BCUT2D eigenvalue weighted by Gasteiger charge is -2.07. The molecule has 4 heteroatoms. The van der Waals surface area contributed by atoms with Gasteiger partial charge in [-0.05, 0) is 42.1 Å². The number of hydrogen-bond acceptors (Lipinski definition) is 3. The van der Waals surface area contributed by atoms with E-state index in [0.29, 0.717) is 12.2 Å². The molecule has 0 unspecified atom stereocenters. The van der Waals surface area contributed by atoms with Crippen LogP contribution in [-0.4, -0.2) is 13.2 Å². The average molecular weight is 291 g/mol. The van der Waals surface area contributed by atoms with Gasteiger partial charge in [-0.15, -0.1) is 11.3 Å². The predicted octanol–water partition coefficient (Wildman–Crippen LogP) is 4.19. The summed E-state index contributed by atoms with van der Waals surface area (Å²) in [7, 11) is 0. The first-order chi connectivity index (χ1) is 9.81. The quantitative estimate of drug-likeness (QED) is 0.581. The molecule has 2 rings (SSSR count). The Labute approximate surface area is 122 Å². The van der Waals surface area contributed by atoms with E-state index in [1.54, 1.807) is 11.3 Å². The zero-order valence-corrected chi connectivity index (χ0v) is 12.1. The van der Waals surface area contributed by atoms with Gasteiger partial charge in [-0.2, -0.15) is 0 Å². The third-order valence-electron chi connectivity index (χ3n) is 2.88. The standard InChI is InChI=1S/C16H18FNOS/c1-2-19-9-4-8-18-12-13-6-7-15(17)14(11-13)16-5-3-10-20-16/h2-3,5-7,10-11,18H,1,4,8-9,12H2. The highest BCUT2D eigenvalue weighted by Gasteiger charge is 2.07. The van der Waals surface area contributed by atoms with Crippen molar-refractivity contribution in [1.29, 1.82) is 0 Å². The molecule has 0 radical (unpaired) electrons. The van der Waals surface area contributed by atoms with E-state index in [2.05, 4.69) is 11.9 Å². The molecule has 2 nitrogen and oxygen atoms in total. The maximum absolute atomic E-state index is 13.8. The lowest BCUT2D eigenvalue weighted by Crippen LogP contribution is -2.16. The topological polar surface area (TPSA) is 21.3 Å². The zero-order chi connectivity index (χ0) is 14.2. The molecule has 20 heavy (non-hydrogen) atoms. The summed E-state index contributed by atoms with van der Waals surface area (Å²) in [5.74, 6) is -0.171. The lowest BCUT2D eigenvalue weighted by atomic mass is 10.1. The fourth-order valence-corrected chi connectivity index (χ4v) is 2.64. The molecular formula is C16H18FNOS. The highest BCUT2D eigenvalue weighted by atomic mass is 32.1. The van der Waals surface area contributed by atoms with Crippen LogP contribution in [0.3, 0.4) is 0 Å². The van der Waals surface area contributed by atoms with Gasteiger partial charge in [0.05, 0.1) is 12.9 Å². The van der Waals surface area contributed by atoms with Crippen LogP contribution in [0.2, 0.25) is 0 Å². The molecule has 0 saturated heterocycles. The van der Waals surface area contributed by atoms with Gasteiger partial charge >= 0.3 is 0 Å². The fraction of sp³-hybridized carbons (Fsp3) is 0.250. The van der Waals surface area contributed by atoms with Crippen molar-refractivity contribution in [2.45, 2.75) is 13.0 Å². The molecule has 0 bridgehead atoms. The molecule has 0 amide bonds. The summed E-state index contributed by atoms with van der Waals surface area (Å²) in [5, 5.41) is 5.28. The van der Waals surface area contributed by atoms with E-state index in [1.165, 1.54) is 12.3 Å². The molecule has 0 atom stereocenters. The maximum atomic E-state index is 13.8. The molecular weight excluding hydrogens is 273 g/mol. The summed E-state index contributed by atoms with van der Waals surface area (Å²) in [6, 6.07) is 9.14. The van der Waals surface area contributed by atoms with Gasteiger partial charge in [0.1, 0.15) is 5.82 Å². The van der Waals surface area contributed by atoms with Crippen LogP contribution in [0.25, 0.3) is 10.4 Å². The normalized spacial score (nSPS) is 10.4. The van der Waals surface area contributed by atoms with Gasteiger partial charge in [0.2, 0.25) is 0 Å². The molecule has 1 heterocycles. The first-order valence-corrected chi connectivity index (χ1v) is 7.45. The molecule has 0 spiro atoms. The van der Waals surface area contributed by atoms with Gasteiger partial charge in [0.15, 0.2) is 0 Å². The second-order valence-electron chi connectivity index (χ2n) is 4.36. The van der Waals surface area contributed by atoms with E-state index in [9.17, 15) is 4.39 Å². The Hall–Kier alpha value is -1.65. The first-order valence-electron chi connectivity index (χ1n) is 6.57. The smallest absolute Gasteiger partial charge is 0.131 e. The van der Waals surface area contributed by atoms with Crippen LogP contribution in [0.1, 0.15) is 12.0 Å². The zero-order valence-electron chi connectivity index (χ0n) is 11.3. The second kappa shape index (κ2) is 7.82. The van der Waals surface area contributed by atoms with Crippen molar-refractivity contribution in [3.63, 3.8) is 0 Å². The van der Waals surface area contributed by atoms with Crippen LogP contribution in [0.4, 0.5) is 4.39 Å². The summed E-state index contributed by atoms with van der Waals surface area (Å²) in [6.45, 7) is 5.75. The third kappa shape index (κ3) is 4.18. The monoisotopic (exact) mass is 291 g/mol. The van der Waals surface area contributed by atoms with Crippen molar-refractivity contribution in [1.82, 2.24) is 5.32 Å². The van der Waals surface area contributed by atoms with Crippen molar-refractivity contribution in [3.8, 4) is 10.4 Å². The molecule has 0 saturated carbocycles. The SMILES string of the molecule is C=COCCCNCc1ccc(F)c(-c2cccs2)c1. The van der Waals surface area contributed by atoms with Gasteiger partial charge in [-0.1, -0.05) is 18.7 Å². The van der Waals surface area contributed by atoms with Crippen LogP contribution in [-0.2, 0) is 11.3 Å². The summed E-state index contributed by atoms with van der Waals surface area (Å²) < 4.78 is 18.9. The number of thiophene rings is 1. The van der Waals surface area contributed by atoms with E-state index in [1.807, 2.05) is 29.6 Å². The number of halogens is 1. The van der Waals surface area contributed by atoms with Crippen LogP contribution in [0, 0.1) is 5.82 Å². The fourth-order valence-electron chi connectivity index (χ4n) is 1.90. The minimum absolute atomic E-state index is 0.171. The van der Waals surface area contributed by atoms with Crippen LogP contribution in [0.5, 0.6) is 0 Å². The van der Waals surface area contributed by atoms with Gasteiger partial charge in [0.25, 0.3) is 0 Å². The summed E-state index contributed by atoms with van der Waals surface area (Å²) in [6.07, 6.45) is 2.37. The van der Waals surface area contributed by atoms with E-state index >= 15 is 0 Å². The molecule has 0 fully saturated rings. The van der Waals surface area contributed by atoms with E-state index in [0.717, 1.165) is 30.0 Å². The molecule has 0 aliphatic rings. The van der Waals surface area contributed by atoms with E-state index < -0.39 is 0 Å². The van der Waals surface area contributed by atoms with Crippen molar-refractivity contribution < 1.29 is 9.13 Å². The number of rotatable bonds is 8. The van der Waals surface area contributed by atoms with Gasteiger partial charge in [-0.25, -0.2) is 4.39 Å². The number of nitrogens with one attached hydrogen (secondary N) is 1. The van der Waals surface area contributed by atoms with Crippen molar-refractivity contribution in [3.05, 3.63) is 59.9 Å². The second-order valence-corrected chi connectivity index (χ2v) is 5.31. The van der Waals surface area contributed by atoms with Gasteiger partial charge < -0.3 is 10.1 Å². The van der Waals surface area contributed by atoms with E-state index in [4.69, 9.17) is 4.74 Å². The molecule has 0 aliphatic carbocycles. The third-order valence-corrected chi connectivity index (χ3v) is 3.78. The molecule has 1 aromatic carbocycles. The number of ether oxygens (including phenoxy) is 1. The predicted molar refractivity (Wildman–Crippen MR) is 82.2 cm³/mol. The van der Waals surface area contributed by atoms with Gasteiger partial charge in [0, 0.05) is 17.0 Å². The summed E-state index contributed by atoms with van der Waals surface area (Å²) >= 11 is 1.55. The van der Waals surface area contributed by atoms with E-state index in [-0.39, 0.29) is 5.82 Å². The molecule has 106 valence electrons. The highest BCUT2D eigenvalue weighted by Crippen LogP contribution is 2.28. The first kappa shape index (κ1) is 14.8. The Kier molecular flexibility index (Phi) is 5.77. The van der Waals surface area contributed by atoms with Crippen molar-refractivity contribution in [2.75, 3.05) is 13.2 Å².